The third-order valence-electron chi connectivity index (χ3n) is 4.74. The standard InChI is InChI=1S/C20H22F2N2O/c1-13(19(23)14-5-3-2-4-6-14)20(25)24(17-9-10-17)12-15-7-8-16(21)11-18(15)22/h2-8,11,13,17,19H,9-10,12,23H2,1H3. The Morgan fingerprint density at radius 3 is 2.48 bits per heavy atom. The van der Waals surface area contributed by atoms with Crippen molar-refractivity contribution in [2.75, 3.05) is 0 Å². The Labute approximate surface area is 146 Å². The fraction of sp³-hybridized carbons (Fsp3) is 0.350. The van der Waals surface area contributed by atoms with Gasteiger partial charge in [0.05, 0.1) is 5.92 Å². The average Bonchev–Trinajstić information content (AvgIpc) is 3.45. The van der Waals surface area contributed by atoms with Crippen LogP contribution in [-0.4, -0.2) is 16.8 Å². The minimum Gasteiger partial charge on any atom is -0.335 e. The van der Waals surface area contributed by atoms with Crippen LogP contribution >= 0.6 is 0 Å². The molecule has 2 N–H and O–H groups in total. The molecule has 0 aromatic heterocycles. The summed E-state index contributed by atoms with van der Waals surface area (Å²) < 4.78 is 27.1. The lowest BCUT2D eigenvalue weighted by atomic mass is 9.94. The van der Waals surface area contributed by atoms with Crippen molar-refractivity contribution in [3.05, 3.63) is 71.3 Å². The normalized spacial score (nSPS) is 16.3. The predicted molar refractivity (Wildman–Crippen MR) is 92.5 cm³/mol. The van der Waals surface area contributed by atoms with Crippen LogP contribution in [0.3, 0.4) is 0 Å². The number of rotatable bonds is 6. The minimum absolute atomic E-state index is 0.0948. The summed E-state index contributed by atoms with van der Waals surface area (Å²) in [4.78, 5) is 14.7. The number of benzene rings is 2. The number of hydrogen-bond donors (Lipinski definition) is 1. The lowest BCUT2D eigenvalue weighted by molar-refractivity contribution is -0.137. The molecule has 1 aliphatic rings. The molecule has 0 heterocycles. The molecular weight excluding hydrogens is 322 g/mol. The molecule has 1 amide bonds. The molecule has 5 heteroatoms. The first-order valence-electron chi connectivity index (χ1n) is 8.52. The molecule has 1 aliphatic carbocycles. The van der Waals surface area contributed by atoms with Gasteiger partial charge in [0.1, 0.15) is 11.6 Å². The van der Waals surface area contributed by atoms with Crippen LogP contribution < -0.4 is 5.73 Å². The number of amides is 1. The van der Waals surface area contributed by atoms with Gasteiger partial charge < -0.3 is 10.6 Å². The molecule has 2 atom stereocenters. The summed E-state index contributed by atoms with van der Waals surface area (Å²) in [5, 5.41) is 0. The minimum atomic E-state index is -0.626. The van der Waals surface area contributed by atoms with E-state index in [0.717, 1.165) is 24.5 Å². The largest absolute Gasteiger partial charge is 0.335 e. The van der Waals surface area contributed by atoms with Gasteiger partial charge in [-0.2, -0.15) is 0 Å². The van der Waals surface area contributed by atoms with E-state index in [9.17, 15) is 13.6 Å². The molecule has 25 heavy (non-hydrogen) atoms. The van der Waals surface area contributed by atoms with Crippen molar-refractivity contribution in [2.24, 2.45) is 11.7 Å². The summed E-state index contributed by atoms with van der Waals surface area (Å²) in [6.07, 6.45) is 1.81. The first-order valence-corrected chi connectivity index (χ1v) is 8.52. The van der Waals surface area contributed by atoms with Crippen LogP contribution in [0.4, 0.5) is 8.78 Å². The van der Waals surface area contributed by atoms with Gasteiger partial charge in [0.15, 0.2) is 0 Å². The van der Waals surface area contributed by atoms with Crippen molar-refractivity contribution < 1.29 is 13.6 Å². The maximum Gasteiger partial charge on any atom is 0.227 e. The van der Waals surface area contributed by atoms with Gasteiger partial charge in [0, 0.05) is 30.3 Å². The molecule has 3 rings (SSSR count). The lowest BCUT2D eigenvalue weighted by Gasteiger charge is -2.29. The van der Waals surface area contributed by atoms with Crippen LogP contribution in [0.15, 0.2) is 48.5 Å². The second-order valence-corrected chi connectivity index (χ2v) is 6.66. The van der Waals surface area contributed by atoms with Gasteiger partial charge in [0.25, 0.3) is 0 Å². The Morgan fingerprint density at radius 2 is 1.88 bits per heavy atom. The molecule has 0 aliphatic heterocycles. The fourth-order valence-electron chi connectivity index (χ4n) is 2.99. The van der Waals surface area contributed by atoms with E-state index in [1.165, 1.54) is 12.1 Å². The zero-order valence-corrected chi connectivity index (χ0v) is 14.2. The number of carbonyl (C=O) groups excluding carboxylic acids is 1. The van der Waals surface area contributed by atoms with Crippen molar-refractivity contribution in [3.8, 4) is 0 Å². The Balaban J connectivity index is 1.77. The molecule has 2 aromatic carbocycles. The van der Waals surface area contributed by atoms with Crippen LogP contribution in [0, 0.1) is 17.6 Å². The van der Waals surface area contributed by atoms with Crippen molar-refractivity contribution in [2.45, 2.75) is 38.4 Å². The highest BCUT2D eigenvalue weighted by Crippen LogP contribution is 2.32. The van der Waals surface area contributed by atoms with Gasteiger partial charge in [-0.15, -0.1) is 0 Å². The smallest absolute Gasteiger partial charge is 0.227 e. The highest BCUT2D eigenvalue weighted by atomic mass is 19.1. The van der Waals surface area contributed by atoms with Crippen LogP contribution in [0.25, 0.3) is 0 Å². The topological polar surface area (TPSA) is 46.3 Å². The van der Waals surface area contributed by atoms with E-state index in [0.29, 0.717) is 5.56 Å². The number of nitrogens with two attached hydrogens (primary N) is 1. The highest BCUT2D eigenvalue weighted by Gasteiger charge is 2.36. The molecule has 0 spiro atoms. The second kappa shape index (κ2) is 7.31. The summed E-state index contributed by atoms with van der Waals surface area (Å²) in [5.74, 6) is -1.77. The number of hydrogen-bond acceptors (Lipinski definition) is 2. The molecular formula is C20H22F2N2O. The maximum atomic E-state index is 14.0. The van der Waals surface area contributed by atoms with E-state index in [4.69, 9.17) is 5.73 Å². The zero-order chi connectivity index (χ0) is 18.0. The van der Waals surface area contributed by atoms with E-state index >= 15 is 0 Å². The van der Waals surface area contributed by atoms with Gasteiger partial charge in [-0.3, -0.25) is 4.79 Å². The van der Waals surface area contributed by atoms with Crippen molar-refractivity contribution in [1.82, 2.24) is 4.90 Å². The Kier molecular flexibility index (Phi) is 5.13. The van der Waals surface area contributed by atoms with Crippen LogP contribution in [0.2, 0.25) is 0 Å². The monoisotopic (exact) mass is 344 g/mol. The summed E-state index contributed by atoms with van der Waals surface area (Å²) in [5.41, 5.74) is 7.49. The van der Waals surface area contributed by atoms with E-state index in [2.05, 4.69) is 0 Å². The lowest BCUT2D eigenvalue weighted by Crippen LogP contribution is -2.40. The molecule has 2 unspecified atom stereocenters. The summed E-state index contributed by atoms with van der Waals surface area (Å²) >= 11 is 0. The van der Waals surface area contributed by atoms with Crippen LogP contribution in [-0.2, 0) is 11.3 Å². The van der Waals surface area contributed by atoms with Crippen molar-refractivity contribution >= 4 is 5.91 Å². The van der Waals surface area contributed by atoms with Crippen LogP contribution in [0.1, 0.15) is 36.9 Å². The molecule has 1 saturated carbocycles. The SMILES string of the molecule is CC(C(=O)N(Cc1ccc(F)cc1F)C1CC1)C(N)c1ccccc1. The van der Waals surface area contributed by atoms with Gasteiger partial charge in [-0.25, -0.2) is 8.78 Å². The quantitative estimate of drug-likeness (QED) is 0.866. The molecule has 3 nitrogen and oxygen atoms in total. The highest BCUT2D eigenvalue weighted by molar-refractivity contribution is 5.80. The summed E-state index contributed by atoms with van der Waals surface area (Å²) in [7, 11) is 0. The average molecular weight is 344 g/mol. The summed E-state index contributed by atoms with van der Waals surface area (Å²) in [6.45, 7) is 1.94. The zero-order valence-electron chi connectivity index (χ0n) is 14.2. The van der Waals surface area contributed by atoms with Gasteiger partial charge in [0.2, 0.25) is 5.91 Å². The maximum absolute atomic E-state index is 14.0. The Morgan fingerprint density at radius 1 is 1.20 bits per heavy atom. The third-order valence-corrected chi connectivity index (χ3v) is 4.74. The number of nitrogens with zero attached hydrogens (tertiary/aromatic N) is 1. The third kappa shape index (κ3) is 4.04. The van der Waals surface area contributed by atoms with Crippen molar-refractivity contribution in [1.29, 1.82) is 0 Å². The van der Waals surface area contributed by atoms with E-state index in [-0.39, 0.29) is 18.5 Å². The van der Waals surface area contributed by atoms with E-state index in [1.807, 2.05) is 30.3 Å². The molecule has 2 aromatic rings. The van der Waals surface area contributed by atoms with Crippen LogP contribution in [0.5, 0.6) is 0 Å². The van der Waals surface area contributed by atoms with E-state index < -0.39 is 23.6 Å². The predicted octanol–water partition coefficient (Wildman–Crippen LogP) is 3.79. The molecule has 1 fully saturated rings. The van der Waals surface area contributed by atoms with Gasteiger partial charge >= 0.3 is 0 Å². The molecule has 0 saturated heterocycles. The number of halogens is 2. The Hall–Kier alpha value is -2.27. The summed E-state index contributed by atoms with van der Waals surface area (Å²) in [6, 6.07) is 12.6. The first-order chi connectivity index (χ1) is 12.0. The molecule has 0 radical (unpaired) electrons. The molecule has 0 bridgehead atoms. The van der Waals surface area contributed by atoms with Gasteiger partial charge in [-0.05, 0) is 24.5 Å². The molecule has 132 valence electrons. The first kappa shape index (κ1) is 17.5. The van der Waals surface area contributed by atoms with E-state index in [1.54, 1.807) is 11.8 Å². The van der Waals surface area contributed by atoms with Gasteiger partial charge in [-0.1, -0.05) is 43.3 Å². The fourth-order valence-corrected chi connectivity index (χ4v) is 2.99. The number of carbonyl (C=O) groups is 1. The Bertz CT molecular complexity index is 747. The van der Waals surface area contributed by atoms with Crippen molar-refractivity contribution in [3.63, 3.8) is 0 Å². The second-order valence-electron chi connectivity index (χ2n) is 6.66.